The van der Waals surface area contributed by atoms with Gasteiger partial charge in [0.25, 0.3) is 0 Å². The molecule has 0 amide bonds. The van der Waals surface area contributed by atoms with E-state index in [2.05, 4.69) is 66.2 Å². The highest BCUT2D eigenvalue weighted by Crippen LogP contribution is 2.22. The summed E-state index contributed by atoms with van der Waals surface area (Å²) in [4.78, 5) is 10.6. The maximum Gasteiger partial charge on any atom is 0.191 e. The van der Waals surface area contributed by atoms with E-state index >= 15 is 0 Å². The smallest absolute Gasteiger partial charge is 0.191 e. The zero-order valence-electron chi connectivity index (χ0n) is 15.3. The molecule has 4 nitrogen and oxygen atoms in total. The molecule has 0 saturated heterocycles. The van der Waals surface area contributed by atoms with Crippen molar-refractivity contribution in [2.24, 2.45) is 4.99 Å². The Kier molecular flexibility index (Phi) is 10.4. The highest BCUT2D eigenvalue weighted by molar-refractivity contribution is 14.0. The molecule has 0 fully saturated rings. The van der Waals surface area contributed by atoms with E-state index in [0.29, 0.717) is 13.1 Å². The van der Waals surface area contributed by atoms with Crippen molar-refractivity contribution >= 4 is 53.0 Å². The number of guanidine groups is 1. The van der Waals surface area contributed by atoms with Gasteiger partial charge in [-0.15, -0.1) is 47.1 Å². The number of halogens is 1. The maximum atomic E-state index is 4.72. The van der Waals surface area contributed by atoms with Crippen LogP contribution in [0, 0.1) is 6.92 Å². The van der Waals surface area contributed by atoms with Crippen LogP contribution in [-0.2, 0) is 19.5 Å². The minimum atomic E-state index is 0. The van der Waals surface area contributed by atoms with Crippen molar-refractivity contribution in [3.05, 3.63) is 45.4 Å². The van der Waals surface area contributed by atoms with Gasteiger partial charge < -0.3 is 10.6 Å². The van der Waals surface area contributed by atoms with Gasteiger partial charge in [0, 0.05) is 16.8 Å². The van der Waals surface area contributed by atoms with E-state index in [1.54, 1.807) is 23.1 Å². The van der Waals surface area contributed by atoms with Gasteiger partial charge in [-0.2, -0.15) is 0 Å². The van der Waals surface area contributed by atoms with Gasteiger partial charge in [0.05, 0.1) is 23.8 Å². The normalized spacial score (nSPS) is 11.1. The van der Waals surface area contributed by atoms with Gasteiger partial charge in [-0.3, -0.25) is 0 Å². The van der Waals surface area contributed by atoms with Gasteiger partial charge in [-0.1, -0.05) is 19.1 Å². The molecule has 2 rings (SSSR count). The number of benzene rings is 1. The van der Waals surface area contributed by atoms with Crippen LogP contribution in [0.1, 0.15) is 35.7 Å². The summed E-state index contributed by atoms with van der Waals surface area (Å²) in [6.45, 7) is 8.54. The Morgan fingerprint density at radius 2 is 2.08 bits per heavy atom. The number of aromatic nitrogens is 1. The fraction of sp³-hybridized carbons (Fsp3) is 0.444. The van der Waals surface area contributed by atoms with Crippen LogP contribution in [0.15, 0.2) is 33.5 Å². The summed E-state index contributed by atoms with van der Waals surface area (Å²) < 4.78 is 0. The summed E-state index contributed by atoms with van der Waals surface area (Å²) in [5.41, 5.74) is 3.61. The van der Waals surface area contributed by atoms with Crippen molar-refractivity contribution in [3.8, 4) is 0 Å². The van der Waals surface area contributed by atoms with Gasteiger partial charge in [0.2, 0.25) is 0 Å². The number of hydrogen-bond acceptors (Lipinski definition) is 4. The molecule has 0 radical (unpaired) electrons. The van der Waals surface area contributed by atoms with Gasteiger partial charge in [-0.25, -0.2) is 9.98 Å². The molecule has 0 aliphatic heterocycles. The summed E-state index contributed by atoms with van der Waals surface area (Å²) in [6.07, 6.45) is 3.10. The Morgan fingerprint density at radius 1 is 1.28 bits per heavy atom. The fourth-order valence-electron chi connectivity index (χ4n) is 2.26. The van der Waals surface area contributed by atoms with Crippen LogP contribution in [0.4, 0.5) is 0 Å². The Hall–Kier alpha value is -0.800. The first-order valence-corrected chi connectivity index (χ1v) is 10.4. The Balaban J connectivity index is 0.00000312. The number of hydrogen-bond donors (Lipinski definition) is 2. The monoisotopic (exact) mass is 490 g/mol. The fourth-order valence-corrected chi connectivity index (χ4v) is 3.70. The number of thiazole rings is 1. The molecule has 1 heterocycles. The Morgan fingerprint density at radius 3 is 2.72 bits per heavy atom. The first-order valence-electron chi connectivity index (χ1n) is 8.25. The van der Waals surface area contributed by atoms with Crippen LogP contribution < -0.4 is 10.6 Å². The van der Waals surface area contributed by atoms with E-state index in [-0.39, 0.29) is 24.0 Å². The number of nitrogens with zero attached hydrogens (tertiary/aromatic N) is 2. The molecule has 2 N–H and O–H groups in total. The topological polar surface area (TPSA) is 49.3 Å². The third-order valence-corrected chi connectivity index (χ3v) is 5.39. The molecular formula is C18H27IN4S2. The standard InChI is InChI=1S/C18H26N4S2.HI/c1-5-17-22-15(12-24-17)11-21-18(19-6-2)20-10-14-8-7-13(3)9-16(14)23-4;/h7-9,12H,5-6,10-11H2,1-4H3,(H2,19,20,21);1H. The molecule has 0 aliphatic rings. The van der Waals surface area contributed by atoms with Gasteiger partial charge in [0.15, 0.2) is 5.96 Å². The molecule has 7 heteroatoms. The van der Waals surface area contributed by atoms with Crippen LogP contribution in [0.5, 0.6) is 0 Å². The lowest BCUT2D eigenvalue weighted by Gasteiger charge is -2.11. The lowest BCUT2D eigenvalue weighted by Crippen LogP contribution is -2.36. The van der Waals surface area contributed by atoms with Crippen molar-refractivity contribution in [1.82, 2.24) is 15.6 Å². The van der Waals surface area contributed by atoms with Crippen LogP contribution >= 0.6 is 47.1 Å². The van der Waals surface area contributed by atoms with Crippen LogP contribution in [0.25, 0.3) is 0 Å². The van der Waals surface area contributed by atoms with E-state index in [9.17, 15) is 0 Å². The van der Waals surface area contributed by atoms with E-state index in [1.807, 2.05) is 0 Å². The summed E-state index contributed by atoms with van der Waals surface area (Å²) in [6, 6.07) is 6.53. The zero-order valence-corrected chi connectivity index (χ0v) is 19.2. The van der Waals surface area contributed by atoms with E-state index in [1.165, 1.54) is 21.0 Å². The largest absolute Gasteiger partial charge is 0.357 e. The van der Waals surface area contributed by atoms with Crippen molar-refractivity contribution < 1.29 is 0 Å². The first-order chi connectivity index (χ1) is 11.7. The molecular weight excluding hydrogens is 463 g/mol. The van der Waals surface area contributed by atoms with Crippen LogP contribution in [0.2, 0.25) is 0 Å². The summed E-state index contributed by atoms with van der Waals surface area (Å²) >= 11 is 3.49. The lowest BCUT2D eigenvalue weighted by atomic mass is 10.1. The van der Waals surface area contributed by atoms with Crippen LogP contribution in [-0.4, -0.2) is 23.7 Å². The average molecular weight is 490 g/mol. The summed E-state index contributed by atoms with van der Waals surface area (Å²) in [5, 5.41) is 9.96. The Bertz CT molecular complexity index is 685. The van der Waals surface area contributed by atoms with Crippen molar-refractivity contribution in [2.45, 2.75) is 45.2 Å². The number of thioether (sulfide) groups is 1. The minimum absolute atomic E-state index is 0. The first kappa shape index (κ1) is 22.2. The van der Waals surface area contributed by atoms with Gasteiger partial charge in [-0.05, 0) is 43.7 Å². The minimum Gasteiger partial charge on any atom is -0.357 e. The van der Waals surface area contributed by atoms with Crippen molar-refractivity contribution in [1.29, 1.82) is 0 Å². The summed E-state index contributed by atoms with van der Waals surface area (Å²) in [7, 11) is 0. The SMILES string of the molecule is CCNC(=NCc1ccc(C)cc1SC)NCc1csc(CC)n1.I. The van der Waals surface area contributed by atoms with E-state index < -0.39 is 0 Å². The van der Waals surface area contributed by atoms with Gasteiger partial charge in [0.1, 0.15) is 0 Å². The van der Waals surface area contributed by atoms with Crippen molar-refractivity contribution in [2.75, 3.05) is 12.8 Å². The predicted octanol–water partition coefficient (Wildman–Crippen LogP) is 4.61. The molecule has 0 unspecified atom stereocenters. The number of nitrogens with one attached hydrogen (secondary N) is 2. The molecule has 0 atom stereocenters. The molecule has 1 aromatic heterocycles. The molecule has 0 bridgehead atoms. The lowest BCUT2D eigenvalue weighted by molar-refractivity contribution is 0.798. The number of aliphatic imine (C=N–C) groups is 1. The molecule has 2 aromatic rings. The second-order valence-electron chi connectivity index (χ2n) is 5.45. The van der Waals surface area contributed by atoms with Crippen LogP contribution in [0.3, 0.4) is 0 Å². The molecule has 0 spiro atoms. The number of rotatable bonds is 7. The second-order valence-corrected chi connectivity index (χ2v) is 7.24. The van der Waals surface area contributed by atoms with Crippen molar-refractivity contribution in [3.63, 3.8) is 0 Å². The highest BCUT2D eigenvalue weighted by Gasteiger charge is 2.04. The molecule has 1 aromatic carbocycles. The zero-order chi connectivity index (χ0) is 17.4. The third kappa shape index (κ3) is 7.15. The van der Waals surface area contributed by atoms with E-state index in [0.717, 1.165) is 24.6 Å². The third-order valence-electron chi connectivity index (χ3n) is 3.53. The quantitative estimate of drug-likeness (QED) is 0.258. The molecule has 138 valence electrons. The molecule has 0 saturated carbocycles. The predicted molar refractivity (Wildman–Crippen MR) is 122 cm³/mol. The molecule has 0 aliphatic carbocycles. The number of aryl methyl sites for hydroxylation is 2. The summed E-state index contributed by atoms with van der Waals surface area (Å²) in [5.74, 6) is 0.830. The second kappa shape index (κ2) is 11.7. The average Bonchev–Trinajstić information content (AvgIpc) is 3.06. The Labute approximate surface area is 176 Å². The highest BCUT2D eigenvalue weighted by atomic mass is 127. The maximum absolute atomic E-state index is 4.72. The molecule has 25 heavy (non-hydrogen) atoms. The van der Waals surface area contributed by atoms with Gasteiger partial charge >= 0.3 is 0 Å². The van der Waals surface area contributed by atoms with E-state index in [4.69, 9.17) is 4.99 Å².